The Kier molecular flexibility index (Phi) is 4.21. The van der Waals surface area contributed by atoms with Gasteiger partial charge in [-0.15, -0.1) is 0 Å². The highest BCUT2D eigenvalue weighted by Gasteiger charge is 2.23. The highest BCUT2D eigenvalue weighted by molar-refractivity contribution is 7.89. The number of carbonyl (C=O) groups is 1. The van der Waals surface area contributed by atoms with Gasteiger partial charge in [-0.2, -0.15) is 0 Å². The van der Waals surface area contributed by atoms with Crippen LogP contribution in [0.1, 0.15) is 24.8 Å². The monoisotopic (exact) mass is 282 g/mol. The molecule has 1 amide bonds. The Morgan fingerprint density at radius 3 is 2.63 bits per heavy atom. The van der Waals surface area contributed by atoms with Crippen molar-refractivity contribution in [1.29, 1.82) is 0 Å². The highest BCUT2D eigenvalue weighted by atomic mass is 32.2. The second-order valence-electron chi connectivity index (χ2n) is 4.83. The summed E-state index contributed by atoms with van der Waals surface area (Å²) in [6.45, 7) is 2.51. The fourth-order valence-electron chi connectivity index (χ4n) is 2.08. The van der Waals surface area contributed by atoms with Crippen LogP contribution in [0, 0.1) is 6.92 Å². The molecule has 0 aromatic heterocycles. The van der Waals surface area contributed by atoms with Gasteiger partial charge in [-0.05, 0) is 31.9 Å². The average Bonchev–Trinajstić information content (AvgIpc) is 2.53. The molecule has 1 heterocycles. The fraction of sp³-hybridized carbons (Fsp3) is 0.462. The summed E-state index contributed by atoms with van der Waals surface area (Å²) in [6, 6.07) is 6.35. The third kappa shape index (κ3) is 3.78. The predicted octanol–water partition coefficient (Wildman–Crippen LogP) is 0.942. The standard InChI is InChI=1S/C13H18N2O3S/c1-10-4-6-12(7-5-10)19(17,18)15-11-3-2-8-14-13(16)9-11/h4-7,11,15H,2-3,8-9H2,1H3,(H,14,16)/t11-/m0/s1. The van der Waals surface area contributed by atoms with Crippen LogP contribution < -0.4 is 10.0 Å². The Bertz CT molecular complexity index is 552. The van der Waals surface area contributed by atoms with E-state index in [1.807, 2.05) is 6.92 Å². The van der Waals surface area contributed by atoms with E-state index in [1.165, 1.54) is 0 Å². The normalized spacial score (nSPS) is 20.7. The van der Waals surface area contributed by atoms with E-state index >= 15 is 0 Å². The van der Waals surface area contributed by atoms with Gasteiger partial charge in [0.15, 0.2) is 0 Å². The molecule has 0 bridgehead atoms. The summed E-state index contributed by atoms with van der Waals surface area (Å²) in [5, 5.41) is 2.73. The zero-order chi connectivity index (χ0) is 13.9. The number of hydrogen-bond acceptors (Lipinski definition) is 3. The van der Waals surface area contributed by atoms with Crippen molar-refractivity contribution < 1.29 is 13.2 Å². The molecule has 1 aromatic carbocycles. The number of sulfonamides is 1. The first-order valence-corrected chi connectivity index (χ1v) is 7.81. The Morgan fingerprint density at radius 1 is 1.26 bits per heavy atom. The topological polar surface area (TPSA) is 75.3 Å². The van der Waals surface area contributed by atoms with Gasteiger partial charge in [0.25, 0.3) is 0 Å². The molecule has 6 heteroatoms. The Balaban J connectivity index is 2.12. The van der Waals surface area contributed by atoms with E-state index < -0.39 is 10.0 Å². The van der Waals surface area contributed by atoms with E-state index in [4.69, 9.17) is 0 Å². The summed E-state index contributed by atoms with van der Waals surface area (Å²) < 4.78 is 27.0. The summed E-state index contributed by atoms with van der Waals surface area (Å²) in [7, 11) is -3.55. The van der Waals surface area contributed by atoms with E-state index in [-0.39, 0.29) is 23.3 Å². The minimum Gasteiger partial charge on any atom is -0.356 e. The lowest BCUT2D eigenvalue weighted by atomic mass is 10.1. The lowest BCUT2D eigenvalue weighted by molar-refractivity contribution is -0.121. The van der Waals surface area contributed by atoms with E-state index in [0.29, 0.717) is 13.0 Å². The summed E-state index contributed by atoms with van der Waals surface area (Å²) in [4.78, 5) is 11.7. The van der Waals surface area contributed by atoms with Crippen molar-refractivity contribution in [1.82, 2.24) is 10.0 Å². The minimum absolute atomic E-state index is 0.103. The van der Waals surface area contributed by atoms with Crippen LogP contribution in [0.4, 0.5) is 0 Å². The molecular formula is C13H18N2O3S. The van der Waals surface area contributed by atoms with Crippen LogP contribution in [0.3, 0.4) is 0 Å². The van der Waals surface area contributed by atoms with Crippen molar-refractivity contribution in [3.8, 4) is 0 Å². The summed E-state index contributed by atoms with van der Waals surface area (Å²) >= 11 is 0. The maximum atomic E-state index is 12.2. The average molecular weight is 282 g/mol. The van der Waals surface area contributed by atoms with Crippen molar-refractivity contribution >= 4 is 15.9 Å². The number of nitrogens with one attached hydrogen (secondary N) is 2. The van der Waals surface area contributed by atoms with Gasteiger partial charge in [0, 0.05) is 19.0 Å². The first-order valence-electron chi connectivity index (χ1n) is 6.33. The van der Waals surface area contributed by atoms with E-state index in [2.05, 4.69) is 10.0 Å². The second-order valence-corrected chi connectivity index (χ2v) is 6.54. The van der Waals surface area contributed by atoms with E-state index in [9.17, 15) is 13.2 Å². The van der Waals surface area contributed by atoms with Crippen LogP contribution in [0.15, 0.2) is 29.2 Å². The first-order chi connectivity index (χ1) is 8.97. The van der Waals surface area contributed by atoms with Gasteiger partial charge in [-0.1, -0.05) is 17.7 Å². The molecule has 0 unspecified atom stereocenters. The molecule has 1 aliphatic rings. The van der Waals surface area contributed by atoms with Gasteiger partial charge < -0.3 is 5.32 Å². The maximum absolute atomic E-state index is 12.2. The minimum atomic E-state index is -3.55. The second kappa shape index (κ2) is 5.71. The molecule has 1 aliphatic heterocycles. The zero-order valence-corrected chi connectivity index (χ0v) is 11.7. The molecule has 2 rings (SSSR count). The van der Waals surface area contributed by atoms with Crippen molar-refractivity contribution in [2.45, 2.75) is 37.1 Å². The van der Waals surface area contributed by atoms with Crippen molar-refractivity contribution in [2.75, 3.05) is 6.54 Å². The molecular weight excluding hydrogens is 264 g/mol. The summed E-state index contributed by atoms with van der Waals surface area (Å²) in [6.07, 6.45) is 1.65. The number of aryl methyl sites for hydroxylation is 1. The molecule has 2 N–H and O–H groups in total. The number of rotatable bonds is 3. The molecule has 19 heavy (non-hydrogen) atoms. The number of carbonyl (C=O) groups excluding carboxylic acids is 1. The van der Waals surface area contributed by atoms with Crippen molar-refractivity contribution in [2.24, 2.45) is 0 Å². The molecule has 1 aromatic rings. The van der Waals surface area contributed by atoms with Crippen LogP contribution in [-0.4, -0.2) is 26.9 Å². The quantitative estimate of drug-likeness (QED) is 0.866. The lowest BCUT2D eigenvalue weighted by Gasteiger charge is -2.15. The molecule has 1 saturated heterocycles. The molecule has 104 valence electrons. The molecule has 0 aliphatic carbocycles. The number of benzene rings is 1. The largest absolute Gasteiger partial charge is 0.356 e. The number of hydrogen-bond donors (Lipinski definition) is 2. The molecule has 0 saturated carbocycles. The van der Waals surface area contributed by atoms with Crippen LogP contribution in [-0.2, 0) is 14.8 Å². The van der Waals surface area contributed by atoms with E-state index in [0.717, 1.165) is 12.0 Å². The van der Waals surface area contributed by atoms with Gasteiger partial charge in [-0.3, -0.25) is 4.79 Å². The molecule has 0 spiro atoms. The van der Waals surface area contributed by atoms with Crippen LogP contribution in [0.5, 0.6) is 0 Å². The Labute approximate surface area is 113 Å². The molecule has 1 atom stereocenters. The number of amides is 1. The van der Waals surface area contributed by atoms with Gasteiger partial charge >= 0.3 is 0 Å². The van der Waals surface area contributed by atoms with Gasteiger partial charge in [0.1, 0.15) is 0 Å². The SMILES string of the molecule is Cc1ccc(S(=O)(=O)N[C@H]2CCCNC(=O)C2)cc1. The first kappa shape index (κ1) is 14.0. The van der Waals surface area contributed by atoms with Gasteiger partial charge in [0.05, 0.1) is 4.90 Å². The summed E-state index contributed by atoms with van der Waals surface area (Å²) in [5.74, 6) is -0.103. The zero-order valence-electron chi connectivity index (χ0n) is 10.8. The fourth-order valence-corrected chi connectivity index (χ4v) is 3.35. The molecule has 5 nitrogen and oxygen atoms in total. The third-order valence-electron chi connectivity index (χ3n) is 3.14. The Morgan fingerprint density at radius 2 is 1.95 bits per heavy atom. The van der Waals surface area contributed by atoms with Crippen LogP contribution in [0.2, 0.25) is 0 Å². The molecule has 0 radical (unpaired) electrons. The van der Waals surface area contributed by atoms with Crippen molar-refractivity contribution in [3.05, 3.63) is 29.8 Å². The summed E-state index contributed by atoms with van der Waals surface area (Å²) in [5.41, 5.74) is 1.01. The smallest absolute Gasteiger partial charge is 0.240 e. The van der Waals surface area contributed by atoms with Gasteiger partial charge in [0.2, 0.25) is 15.9 Å². The van der Waals surface area contributed by atoms with Crippen LogP contribution in [0.25, 0.3) is 0 Å². The van der Waals surface area contributed by atoms with E-state index in [1.54, 1.807) is 24.3 Å². The third-order valence-corrected chi connectivity index (χ3v) is 4.67. The highest BCUT2D eigenvalue weighted by Crippen LogP contribution is 2.14. The van der Waals surface area contributed by atoms with Crippen molar-refractivity contribution in [3.63, 3.8) is 0 Å². The molecule has 1 fully saturated rings. The van der Waals surface area contributed by atoms with Crippen LogP contribution >= 0.6 is 0 Å². The Hall–Kier alpha value is -1.40. The lowest BCUT2D eigenvalue weighted by Crippen LogP contribution is -2.36. The predicted molar refractivity (Wildman–Crippen MR) is 72.1 cm³/mol. The maximum Gasteiger partial charge on any atom is 0.240 e. The van der Waals surface area contributed by atoms with Gasteiger partial charge in [-0.25, -0.2) is 13.1 Å².